The van der Waals surface area contributed by atoms with Crippen molar-refractivity contribution in [1.29, 1.82) is 0 Å². The molecule has 0 fully saturated rings. The molecule has 1 amide bonds. The van der Waals surface area contributed by atoms with E-state index >= 15 is 0 Å². The summed E-state index contributed by atoms with van der Waals surface area (Å²) in [5.74, 6) is 0.247. The van der Waals surface area contributed by atoms with Crippen LogP contribution in [0, 0.1) is 6.92 Å². The van der Waals surface area contributed by atoms with Gasteiger partial charge in [0.25, 0.3) is 15.9 Å². The highest BCUT2D eigenvalue weighted by Gasteiger charge is 2.13. The predicted octanol–water partition coefficient (Wildman–Crippen LogP) is 4.48. The van der Waals surface area contributed by atoms with Crippen molar-refractivity contribution in [2.24, 2.45) is 5.10 Å². The Morgan fingerprint density at radius 3 is 2.38 bits per heavy atom. The number of benzene rings is 4. The number of carbonyl (C=O) groups excluding carboxylic acids is 1. The Labute approximate surface area is 198 Å². The van der Waals surface area contributed by atoms with Crippen LogP contribution in [0.2, 0.25) is 0 Å². The fourth-order valence-corrected chi connectivity index (χ4v) is 4.08. The molecule has 0 spiro atoms. The van der Waals surface area contributed by atoms with Crippen molar-refractivity contribution in [3.05, 3.63) is 102 Å². The predicted molar refractivity (Wildman–Crippen MR) is 134 cm³/mol. The number of ether oxygens (including phenoxy) is 1. The minimum atomic E-state index is -3.79. The van der Waals surface area contributed by atoms with E-state index in [-0.39, 0.29) is 17.4 Å². The molecule has 4 aromatic rings. The van der Waals surface area contributed by atoms with Gasteiger partial charge in [0.15, 0.2) is 6.61 Å². The number of anilines is 1. The molecule has 2 N–H and O–H groups in total. The highest BCUT2D eigenvalue weighted by atomic mass is 32.2. The van der Waals surface area contributed by atoms with E-state index in [1.807, 2.05) is 55.5 Å². The number of amides is 1. The maximum atomic E-state index is 12.5. The topological polar surface area (TPSA) is 96.9 Å². The van der Waals surface area contributed by atoms with E-state index < -0.39 is 10.0 Å². The van der Waals surface area contributed by atoms with Crippen LogP contribution in [0.4, 0.5) is 5.69 Å². The second-order valence-corrected chi connectivity index (χ2v) is 9.24. The number of sulfonamides is 1. The van der Waals surface area contributed by atoms with Crippen molar-refractivity contribution in [3.63, 3.8) is 0 Å². The van der Waals surface area contributed by atoms with Crippen molar-refractivity contribution in [2.75, 3.05) is 11.9 Å². The van der Waals surface area contributed by atoms with Gasteiger partial charge in [-0.05, 0) is 71.3 Å². The number of aryl methyl sites for hydroxylation is 1. The molecule has 0 aliphatic carbocycles. The largest absolute Gasteiger partial charge is 0.484 e. The number of hydrazone groups is 1. The lowest BCUT2D eigenvalue weighted by Gasteiger charge is -2.09. The molecule has 0 atom stereocenters. The molecule has 7 nitrogen and oxygen atoms in total. The number of rotatable bonds is 8. The van der Waals surface area contributed by atoms with E-state index in [0.717, 1.165) is 22.0 Å². The summed E-state index contributed by atoms with van der Waals surface area (Å²) in [5.41, 5.74) is 2.38. The highest BCUT2D eigenvalue weighted by molar-refractivity contribution is 7.89. The first-order valence-electron chi connectivity index (χ1n) is 10.5. The van der Waals surface area contributed by atoms with Crippen LogP contribution in [0.5, 0.6) is 5.75 Å². The average Bonchev–Trinajstić information content (AvgIpc) is 2.84. The third kappa shape index (κ3) is 5.79. The molecule has 4 aromatic carbocycles. The zero-order valence-corrected chi connectivity index (χ0v) is 19.2. The molecule has 0 saturated carbocycles. The third-order valence-corrected chi connectivity index (χ3v) is 6.31. The molecule has 0 radical (unpaired) electrons. The number of nitrogens with zero attached hydrogens (tertiary/aromatic N) is 1. The SMILES string of the molecule is Cc1ccccc1NC(=O)COc1ccc(/C=N/NS(=O)(=O)c2ccc3ccccc3c2)cc1. The molecule has 34 heavy (non-hydrogen) atoms. The van der Waals surface area contributed by atoms with Crippen LogP contribution in [-0.2, 0) is 14.8 Å². The third-order valence-electron chi connectivity index (χ3n) is 5.09. The van der Waals surface area contributed by atoms with Gasteiger partial charge in [-0.2, -0.15) is 13.5 Å². The maximum Gasteiger partial charge on any atom is 0.276 e. The van der Waals surface area contributed by atoms with Crippen LogP contribution < -0.4 is 14.9 Å². The first kappa shape index (κ1) is 23.0. The number of para-hydroxylation sites is 1. The fourth-order valence-electron chi connectivity index (χ4n) is 3.26. The lowest BCUT2D eigenvalue weighted by molar-refractivity contribution is -0.118. The molecule has 4 rings (SSSR count). The summed E-state index contributed by atoms with van der Waals surface area (Å²) in [4.78, 5) is 14.5. The van der Waals surface area contributed by atoms with Crippen LogP contribution in [-0.4, -0.2) is 27.1 Å². The van der Waals surface area contributed by atoms with Crippen LogP contribution in [0.25, 0.3) is 10.8 Å². The summed E-state index contributed by atoms with van der Waals surface area (Å²) in [6.45, 7) is 1.78. The molecule has 0 aliphatic rings. The quantitative estimate of drug-likeness (QED) is 0.291. The van der Waals surface area contributed by atoms with Crippen LogP contribution in [0.15, 0.2) is 101 Å². The second-order valence-electron chi connectivity index (χ2n) is 7.58. The number of hydrogen-bond donors (Lipinski definition) is 2. The molecule has 0 aliphatic heterocycles. The fraction of sp³-hybridized carbons (Fsp3) is 0.0769. The van der Waals surface area contributed by atoms with E-state index in [0.29, 0.717) is 11.3 Å². The van der Waals surface area contributed by atoms with Crippen molar-refractivity contribution in [3.8, 4) is 5.75 Å². The minimum Gasteiger partial charge on any atom is -0.484 e. The van der Waals surface area contributed by atoms with Gasteiger partial charge in [-0.3, -0.25) is 4.79 Å². The van der Waals surface area contributed by atoms with Gasteiger partial charge in [0.2, 0.25) is 0 Å². The van der Waals surface area contributed by atoms with E-state index in [2.05, 4.69) is 15.2 Å². The standard InChI is InChI=1S/C26H23N3O4S/c1-19-6-2-5-9-25(19)28-26(30)18-33-23-13-10-20(11-14-23)17-27-29-34(31,32)24-15-12-21-7-3-4-8-22(21)16-24/h2-17,29H,18H2,1H3,(H,28,30)/b27-17+. The van der Waals surface area contributed by atoms with Gasteiger partial charge < -0.3 is 10.1 Å². The first-order chi connectivity index (χ1) is 16.4. The minimum absolute atomic E-state index is 0.132. The van der Waals surface area contributed by atoms with Crippen LogP contribution >= 0.6 is 0 Å². The normalized spacial score (nSPS) is 11.4. The summed E-state index contributed by atoms with van der Waals surface area (Å²) < 4.78 is 30.6. The number of fused-ring (bicyclic) bond motifs is 1. The molecule has 0 heterocycles. The van der Waals surface area contributed by atoms with Gasteiger partial charge >= 0.3 is 0 Å². The molecular formula is C26H23N3O4S. The van der Waals surface area contributed by atoms with Gasteiger partial charge in [0.05, 0.1) is 11.1 Å². The van der Waals surface area contributed by atoms with Gasteiger partial charge in [-0.1, -0.05) is 48.5 Å². The van der Waals surface area contributed by atoms with Gasteiger partial charge in [-0.25, -0.2) is 4.83 Å². The monoisotopic (exact) mass is 473 g/mol. The number of carbonyl (C=O) groups is 1. The summed E-state index contributed by atoms with van der Waals surface area (Å²) in [6.07, 6.45) is 1.40. The Balaban J connectivity index is 1.31. The van der Waals surface area contributed by atoms with Crippen molar-refractivity contribution < 1.29 is 17.9 Å². The Hall–Kier alpha value is -4.17. The van der Waals surface area contributed by atoms with Crippen molar-refractivity contribution in [1.82, 2.24) is 4.83 Å². The maximum absolute atomic E-state index is 12.5. The van der Waals surface area contributed by atoms with Crippen LogP contribution in [0.1, 0.15) is 11.1 Å². The van der Waals surface area contributed by atoms with E-state index in [1.54, 1.807) is 42.5 Å². The first-order valence-corrected chi connectivity index (χ1v) is 12.0. The molecule has 0 bridgehead atoms. The van der Waals surface area contributed by atoms with Crippen molar-refractivity contribution >= 4 is 38.6 Å². The Morgan fingerprint density at radius 1 is 0.912 bits per heavy atom. The molecule has 0 unspecified atom stereocenters. The Bertz CT molecular complexity index is 1450. The molecule has 0 aromatic heterocycles. The summed E-state index contributed by atoms with van der Waals surface area (Å²) in [6, 6.07) is 26.7. The summed E-state index contributed by atoms with van der Waals surface area (Å²) in [5, 5.41) is 8.46. The Morgan fingerprint density at radius 2 is 1.62 bits per heavy atom. The zero-order valence-electron chi connectivity index (χ0n) is 18.4. The second kappa shape index (κ2) is 10.2. The Kier molecular flexibility index (Phi) is 6.89. The van der Waals surface area contributed by atoms with Gasteiger partial charge in [-0.15, -0.1) is 0 Å². The molecular weight excluding hydrogens is 450 g/mol. The van der Waals surface area contributed by atoms with Gasteiger partial charge in [0.1, 0.15) is 5.75 Å². The number of nitrogens with one attached hydrogen (secondary N) is 2. The number of hydrogen-bond acceptors (Lipinski definition) is 5. The zero-order chi connectivity index (χ0) is 24.0. The highest BCUT2D eigenvalue weighted by Crippen LogP contribution is 2.19. The van der Waals surface area contributed by atoms with Gasteiger partial charge in [0, 0.05) is 5.69 Å². The van der Waals surface area contributed by atoms with Crippen molar-refractivity contribution in [2.45, 2.75) is 11.8 Å². The lowest BCUT2D eigenvalue weighted by atomic mass is 10.1. The van der Waals surface area contributed by atoms with E-state index in [1.165, 1.54) is 6.21 Å². The molecule has 172 valence electrons. The van der Waals surface area contributed by atoms with E-state index in [4.69, 9.17) is 4.74 Å². The van der Waals surface area contributed by atoms with E-state index in [9.17, 15) is 13.2 Å². The molecule has 0 saturated heterocycles. The summed E-state index contributed by atoms with van der Waals surface area (Å²) in [7, 11) is -3.79. The van der Waals surface area contributed by atoms with Crippen LogP contribution in [0.3, 0.4) is 0 Å². The summed E-state index contributed by atoms with van der Waals surface area (Å²) >= 11 is 0. The average molecular weight is 474 g/mol. The lowest BCUT2D eigenvalue weighted by Crippen LogP contribution is -2.20. The smallest absolute Gasteiger partial charge is 0.276 e. The molecule has 8 heteroatoms.